The maximum absolute atomic E-state index is 12.8. The summed E-state index contributed by atoms with van der Waals surface area (Å²) >= 11 is 0. The number of nitrogens with one attached hydrogen (secondary N) is 3. The Morgan fingerprint density at radius 1 is 1.28 bits per heavy atom. The van der Waals surface area contributed by atoms with Gasteiger partial charge in [-0.25, -0.2) is 9.97 Å². The molecule has 2 aromatic heterocycles. The molecule has 0 bridgehead atoms. The summed E-state index contributed by atoms with van der Waals surface area (Å²) in [6.07, 6.45) is -2.52. The van der Waals surface area contributed by atoms with E-state index in [1.807, 2.05) is 6.07 Å². The van der Waals surface area contributed by atoms with E-state index in [-0.39, 0.29) is 17.5 Å². The molecule has 2 aromatic rings. The average Bonchev–Trinajstić information content (AvgIpc) is 2.59. The van der Waals surface area contributed by atoms with Crippen molar-refractivity contribution < 1.29 is 13.2 Å². The fraction of sp³-hybridized carbons (Fsp3) is 0.286. The Morgan fingerprint density at radius 2 is 2.04 bits per heavy atom. The Morgan fingerprint density at radius 3 is 2.64 bits per heavy atom. The van der Waals surface area contributed by atoms with Crippen molar-refractivity contribution >= 4 is 23.1 Å². The van der Waals surface area contributed by atoms with Crippen LogP contribution < -0.4 is 21.7 Å². The van der Waals surface area contributed by atoms with Gasteiger partial charge in [0.05, 0.1) is 17.6 Å². The van der Waals surface area contributed by atoms with Crippen molar-refractivity contribution in [3.05, 3.63) is 29.7 Å². The lowest BCUT2D eigenvalue weighted by molar-refractivity contribution is -0.137. The van der Waals surface area contributed by atoms with Crippen LogP contribution in [0.5, 0.6) is 0 Å². The van der Waals surface area contributed by atoms with E-state index in [9.17, 15) is 13.2 Å². The lowest BCUT2D eigenvalue weighted by Crippen LogP contribution is -2.14. The molecule has 0 spiro atoms. The fourth-order valence-corrected chi connectivity index (χ4v) is 1.93. The Hall–Kier alpha value is -3.13. The van der Waals surface area contributed by atoms with Gasteiger partial charge in [0, 0.05) is 26.3 Å². The van der Waals surface area contributed by atoms with Gasteiger partial charge in [-0.05, 0) is 6.07 Å². The number of nitrogens with two attached hydrogens (primary N) is 1. The summed E-state index contributed by atoms with van der Waals surface area (Å²) in [4.78, 5) is 11.4. The number of hydrogen-bond acceptors (Lipinski definition) is 8. The van der Waals surface area contributed by atoms with E-state index in [0.717, 1.165) is 0 Å². The number of nitriles is 1. The molecule has 0 aliphatic rings. The van der Waals surface area contributed by atoms with Crippen LogP contribution in [0.1, 0.15) is 11.3 Å². The van der Waals surface area contributed by atoms with Crippen LogP contribution in [0.2, 0.25) is 0 Å². The SMILES string of the molecule is CNc1nc(Nc2cnc(C#N)c(NCCN)c2)ncc1C(F)(F)F. The molecule has 0 fully saturated rings. The first kappa shape index (κ1) is 18.2. The molecule has 25 heavy (non-hydrogen) atoms. The first-order valence-corrected chi connectivity index (χ1v) is 7.12. The van der Waals surface area contributed by atoms with Gasteiger partial charge in [0.15, 0.2) is 5.69 Å². The molecule has 8 nitrogen and oxygen atoms in total. The Bertz CT molecular complexity index is 785. The topological polar surface area (TPSA) is 125 Å². The number of anilines is 4. The number of aromatic nitrogens is 3. The van der Waals surface area contributed by atoms with Crippen LogP contribution in [0.3, 0.4) is 0 Å². The van der Waals surface area contributed by atoms with Crippen LogP contribution >= 0.6 is 0 Å². The minimum Gasteiger partial charge on any atom is -0.381 e. The molecule has 11 heteroatoms. The third kappa shape index (κ3) is 4.45. The number of pyridine rings is 1. The number of alkyl halides is 3. The molecule has 0 aliphatic heterocycles. The van der Waals surface area contributed by atoms with E-state index in [2.05, 4.69) is 30.9 Å². The van der Waals surface area contributed by atoms with Crippen LogP contribution in [0.25, 0.3) is 0 Å². The first-order valence-electron chi connectivity index (χ1n) is 7.12. The third-order valence-electron chi connectivity index (χ3n) is 3.04. The molecule has 5 N–H and O–H groups in total. The molecule has 0 aromatic carbocycles. The number of nitrogens with zero attached hydrogens (tertiary/aromatic N) is 4. The minimum absolute atomic E-state index is 0.0476. The van der Waals surface area contributed by atoms with Crippen molar-refractivity contribution in [1.29, 1.82) is 5.26 Å². The van der Waals surface area contributed by atoms with E-state index >= 15 is 0 Å². The molecule has 0 unspecified atom stereocenters. The molecule has 0 saturated carbocycles. The van der Waals surface area contributed by atoms with Gasteiger partial charge < -0.3 is 21.7 Å². The van der Waals surface area contributed by atoms with Gasteiger partial charge in [-0.2, -0.15) is 23.4 Å². The maximum Gasteiger partial charge on any atom is 0.421 e. The van der Waals surface area contributed by atoms with Gasteiger partial charge in [0.25, 0.3) is 0 Å². The fourth-order valence-electron chi connectivity index (χ4n) is 1.93. The third-order valence-corrected chi connectivity index (χ3v) is 3.04. The molecule has 2 rings (SSSR count). The van der Waals surface area contributed by atoms with Crippen molar-refractivity contribution in [1.82, 2.24) is 15.0 Å². The van der Waals surface area contributed by atoms with E-state index in [1.54, 1.807) is 6.07 Å². The van der Waals surface area contributed by atoms with Crippen LogP contribution in [0.4, 0.5) is 36.3 Å². The van der Waals surface area contributed by atoms with E-state index in [4.69, 9.17) is 11.0 Å². The van der Waals surface area contributed by atoms with Crippen molar-refractivity contribution in [3.63, 3.8) is 0 Å². The average molecular weight is 352 g/mol. The second-order valence-corrected chi connectivity index (χ2v) is 4.78. The standard InChI is InChI=1S/C14H15F3N8/c1-20-12-9(14(15,16)17)7-23-13(25-12)24-8-4-10(21-3-2-18)11(5-19)22-6-8/h4,6-7,21H,2-3,18H2,1H3,(H2,20,23,24,25). The van der Waals surface area contributed by atoms with Gasteiger partial charge >= 0.3 is 6.18 Å². The first-order chi connectivity index (χ1) is 11.9. The zero-order valence-electron chi connectivity index (χ0n) is 13.1. The van der Waals surface area contributed by atoms with E-state index in [0.29, 0.717) is 30.7 Å². The molecular formula is C14H15F3N8. The Kier molecular flexibility index (Phi) is 5.56. The molecule has 132 valence electrons. The number of hydrogen-bond donors (Lipinski definition) is 4. The molecular weight excluding hydrogens is 337 g/mol. The minimum atomic E-state index is -4.56. The van der Waals surface area contributed by atoms with E-state index in [1.165, 1.54) is 13.2 Å². The van der Waals surface area contributed by atoms with Gasteiger partial charge in [0.2, 0.25) is 5.95 Å². The molecule has 0 aliphatic carbocycles. The summed E-state index contributed by atoms with van der Waals surface area (Å²) in [6, 6.07) is 3.50. The zero-order chi connectivity index (χ0) is 18.4. The number of halogens is 3. The Balaban J connectivity index is 2.29. The van der Waals surface area contributed by atoms with Crippen molar-refractivity contribution in [3.8, 4) is 6.07 Å². The second kappa shape index (κ2) is 7.63. The van der Waals surface area contributed by atoms with Gasteiger partial charge in [-0.3, -0.25) is 0 Å². The summed E-state index contributed by atoms with van der Waals surface area (Å²) in [5.74, 6) is -0.401. The lowest BCUT2D eigenvalue weighted by atomic mass is 10.2. The number of rotatable bonds is 6. The summed E-state index contributed by atoms with van der Waals surface area (Å²) in [7, 11) is 1.33. The normalized spacial score (nSPS) is 10.9. The Labute approximate surface area is 141 Å². The second-order valence-electron chi connectivity index (χ2n) is 4.78. The summed E-state index contributed by atoms with van der Waals surface area (Å²) in [5.41, 5.74) is 5.46. The highest BCUT2D eigenvalue weighted by Crippen LogP contribution is 2.33. The highest BCUT2D eigenvalue weighted by atomic mass is 19.4. The van der Waals surface area contributed by atoms with Gasteiger partial charge in [-0.15, -0.1) is 0 Å². The van der Waals surface area contributed by atoms with Crippen LogP contribution in [-0.2, 0) is 6.18 Å². The predicted octanol–water partition coefficient (Wildman–Crippen LogP) is 1.92. The van der Waals surface area contributed by atoms with Crippen molar-refractivity contribution in [2.75, 3.05) is 36.1 Å². The molecule has 0 atom stereocenters. The van der Waals surface area contributed by atoms with Gasteiger partial charge in [0.1, 0.15) is 17.5 Å². The van der Waals surface area contributed by atoms with Crippen LogP contribution in [0.15, 0.2) is 18.5 Å². The summed E-state index contributed by atoms with van der Waals surface area (Å²) in [5, 5.41) is 17.1. The van der Waals surface area contributed by atoms with Crippen molar-refractivity contribution in [2.24, 2.45) is 5.73 Å². The summed E-state index contributed by atoms with van der Waals surface area (Å²) in [6.45, 7) is 0.788. The zero-order valence-corrected chi connectivity index (χ0v) is 13.1. The van der Waals surface area contributed by atoms with Gasteiger partial charge in [-0.1, -0.05) is 0 Å². The highest BCUT2D eigenvalue weighted by Gasteiger charge is 2.35. The largest absolute Gasteiger partial charge is 0.421 e. The lowest BCUT2D eigenvalue weighted by Gasteiger charge is -2.13. The van der Waals surface area contributed by atoms with E-state index < -0.39 is 11.7 Å². The molecule has 2 heterocycles. The maximum atomic E-state index is 12.8. The van der Waals surface area contributed by atoms with Crippen LogP contribution in [0, 0.1) is 11.3 Å². The molecule has 0 amide bonds. The highest BCUT2D eigenvalue weighted by molar-refractivity contribution is 5.65. The predicted molar refractivity (Wildman–Crippen MR) is 86.4 cm³/mol. The van der Waals surface area contributed by atoms with Crippen LogP contribution in [-0.4, -0.2) is 35.1 Å². The monoisotopic (exact) mass is 352 g/mol. The summed E-state index contributed by atoms with van der Waals surface area (Å²) < 4.78 is 38.5. The smallest absolute Gasteiger partial charge is 0.381 e. The molecule has 0 saturated heterocycles. The quantitative estimate of drug-likeness (QED) is 0.621. The molecule has 0 radical (unpaired) electrons. The van der Waals surface area contributed by atoms with Crippen molar-refractivity contribution in [2.45, 2.75) is 6.18 Å².